The van der Waals surface area contributed by atoms with Crippen LogP contribution in [0.25, 0.3) is 0 Å². The summed E-state index contributed by atoms with van der Waals surface area (Å²) in [6.45, 7) is 7.81. The molecule has 0 bridgehead atoms. The minimum atomic E-state index is 0.480. The van der Waals surface area contributed by atoms with Crippen molar-refractivity contribution in [3.8, 4) is 0 Å². The predicted octanol–water partition coefficient (Wildman–Crippen LogP) is 3.44. The standard InChI is InChI=1S/C13H26BrNO/c1-3-12(4-2)15(9-8-14)11-13-7-5-6-10-16-13/h12-13H,3-11H2,1-2H3. The fourth-order valence-electron chi connectivity index (χ4n) is 2.55. The van der Waals surface area contributed by atoms with Crippen molar-refractivity contribution in [2.75, 3.05) is 25.0 Å². The van der Waals surface area contributed by atoms with Crippen LogP contribution in [0.1, 0.15) is 46.0 Å². The minimum absolute atomic E-state index is 0.480. The molecule has 1 rings (SSSR count). The Morgan fingerprint density at radius 2 is 2.06 bits per heavy atom. The molecular weight excluding hydrogens is 266 g/mol. The zero-order valence-corrected chi connectivity index (χ0v) is 12.3. The Bertz CT molecular complexity index is 167. The van der Waals surface area contributed by atoms with Crippen LogP contribution in [0.15, 0.2) is 0 Å². The molecule has 1 aliphatic rings. The maximum atomic E-state index is 5.84. The third-order valence-corrected chi connectivity index (χ3v) is 3.90. The van der Waals surface area contributed by atoms with Gasteiger partial charge in [0, 0.05) is 31.1 Å². The van der Waals surface area contributed by atoms with E-state index in [4.69, 9.17) is 4.74 Å². The average Bonchev–Trinajstić information content (AvgIpc) is 2.32. The van der Waals surface area contributed by atoms with E-state index in [0.29, 0.717) is 6.10 Å². The number of rotatable bonds is 7. The molecule has 0 aromatic rings. The van der Waals surface area contributed by atoms with Crippen molar-refractivity contribution in [1.82, 2.24) is 4.90 Å². The Labute approximate surface area is 109 Å². The molecule has 0 saturated carbocycles. The number of halogens is 1. The van der Waals surface area contributed by atoms with E-state index in [-0.39, 0.29) is 0 Å². The maximum absolute atomic E-state index is 5.84. The summed E-state index contributed by atoms with van der Waals surface area (Å²) in [7, 11) is 0. The summed E-state index contributed by atoms with van der Waals surface area (Å²) in [4.78, 5) is 2.60. The van der Waals surface area contributed by atoms with Gasteiger partial charge in [-0.1, -0.05) is 29.8 Å². The van der Waals surface area contributed by atoms with Gasteiger partial charge in [0.05, 0.1) is 6.10 Å². The van der Waals surface area contributed by atoms with Gasteiger partial charge in [0.2, 0.25) is 0 Å². The molecular formula is C13H26BrNO. The molecule has 1 fully saturated rings. The van der Waals surface area contributed by atoms with Gasteiger partial charge >= 0.3 is 0 Å². The molecule has 2 nitrogen and oxygen atoms in total. The average molecular weight is 292 g/mol. The zero-order chi connectivity index (χ0) is 11.8. The van der Waals surface area contributed by atoms with E-state index < -0.39 is 0 Å². The van der Waals surface area contributed by atoms with Crippen molar-refractivity contribution in [2.24, 2.45) is 0 Å². The molecule has 0 spiro atoms. The highest BCUT2D eigenvalue weighted by atomic mass is 79.9. The molecule has 1 heterocycles. The topological polar surface area (TPSA) is 12.5 Å². The smallest absolute Gasteiger partial charge is 0.0702 e. The minimum Gasteiger partial charge on any atom is -0.377 e. The van der Waals surface area contributed by atoms with Gasteiger partial charge in [-0.25, -0.2) is 0 Å². The Morgan fingerprint density at radius 1 is 1.31 bits per heavy atom. The zero-order valence-electron chi connectivity index (χ0n) is 10.8. The van der Waals surface area contributed by atoms with E-state index in [1.54, 1.807) is 0 Å². The lowest BCUT2D eigenvalue weighted by Gasteiger charge is -2.34. The van der Waals surface area contributed by atoms with E-state index in [1.807, 2.05) is 0 Å². The lowest BCUT2D eigenvalue weighted by Crippen LogP contribution is -2.42. The van der Waals surface area contributed by atoms with Crippen LogP contribution in [0.4, 0.5) is 0 Å². The first-order valence-electron chi connectivity index (χ1n) is 6.73. The van der Waals surface area contributed by atoms with Gasteiger partial charge in [-0.05, 0) is 32.1 Å². The lowest BCUT2D eigenvalue weighted by molar-refractivity contribution is -0.0131. The highest BCUT2D eigenvalue weighted by Crippen LogP contribution is 2.17. The van der Waals surface area contributed by atoms with Gasteiger partial charge in [0.1, 0.15) is 0 Å². The molecule has 1 unspecified atom stereocenters. The third kappa shape index (κ3) is 4.72. The molecule has 0 amide bonds. The van der Waals surface area contributed by atoms with Crippen LogP contribution in [-0.4, -0.2) is 42.1 Å². The quantitative estimate of drug-likeness (QED) is 0.666. The third-order valence-electron chi connectivity index (χ3n) is 3.54. The molecule has 0 aromatic heterocycles. The second-order valence-electron chi connectivity index (χ2n) is 4.64. The highest BCUT2D eigenvalue weighted by Gasteiger charge is 2.21. The molecule has 0 N–H and O–H groups in total. The normalized spacial score (nSPS) is 21.9. The van der Waals surface area contributed by atoms with Gasteiger partial charge < -0.3 is 4.74 Å². The number of hydrogen-bond donors (Lipinski definition) is 0. The van der Waals surface area contributed by atoms with Crippen LogP contribution in [-0.2, 0) is 4.74 Å². The fraction of sp³-hybridized carbons (Fsp3) is 1.00. The van der Waals surface area contributed by atoms with Crippen LogP contribution in [0.3, 0.4) is 0 Å². The molecule has 3 heteroatoms. The van der Waals surface area contributed by atoms with E-state index in [9.17, 15) is 0 Å². The van der Waals surface area contributed by atoms with Crippen LogP contribution in [0.2, 0.25) is 0 Å². The lowest BCUT2D eigenvalue weighted by atomic mass is 10.1. The van der Waals surface area contributed by atoms with Gasteiger partial charge in [-0.15, -0.1) is 0 Å². The SMILES string of the molecule is CCC(CC)N(CCBr)CC1CCCCO1. The number of hydrogen-bond acceptors (Lipinski definition) is 2. The highest BCUT2D eigenvalue weighted by molar-refractivity contribution is 9.09. The number of ether oxygens (including phenoxy) is 1. The van der Waals surface area contributed by atoms with Gasteiger partial charge in [0.15, 0.2) is 0 Å². The summed E-state index contributed by atoms with van der Waals surface area (Å²) in [6, 6.07) is 0.725. The number of nitrogens with zero attached hydrogens (tertiary/aromatic N) is 1. The molecule has 0 aromatic carbocycles. The summed E-state index contributed by atoms with van der Waals surface area (Å²) < 4.78 is 5.84. The molecule has 1 saturated heterocycles. The fourth-order valence-corrected chi connectivity index (χ4v) is 3.01. The van der Waals surface area contributed by atoms with Crippen molar-refractivity contribution in [2.45, 2.75) is 58.1 Å². The van der Waals surface area contributed by atoms with E-state index in [2.05, 4.69) is 34.7 Å². The van der Waals surface area contributed by atoms with Crippen molar-refractivity contribution in [3.05, 3.63) is 0 Å². The molecule has 16 heavy (non-hydrogen) atoms. The van der Waals surface area contributed by atoms with E-state index in [1.165, 1.54) is 32.1 Å². The first-order valence-corrected chi connectivity index (χ1v) is 7.85. The van der Waals surface area contributed by atoms with E-state index in [0.717, 1.165) is 31.1 Å². The van der Waals surface area contributed by atoms with Gasteiger partial charge in [0.25, 0.3) is 0 Å². The number of alkyl halides is 1. The van der Waals surface area contributed by atoms with Crippen LogP contribution >= 0.6 is 15.9 Å². The Hall–Kier alpha value is 0.400. The largest absolute Gasteiger partial charge is 0.377 e. The second-order valence-corrected chi connectivity index (χ2v) is 5.44. The second kappa shape index (κ2) is 8.48. The van der Waals surface area contributed by atoms with Crippen LogP contribution in [0, 0.1) is 0 Å². The first kappa shape index (κ1) is 14.5. The summed E-state index contributed by atoms with van der Waals surface area (Å²) in [5.41, 5.74) is 0. The van der Waals surface area contributed by atoms with Crippen molar-refractivity contribution in [3.63, 3.8) is 0 Å². The molecule has 0 aliphatic carbocycles. The first-order chi connectivity index (χ1) is 7.81. The summed E-state index contributed by atoms with van der Waals surface area (Å²) in [5, 5.41) is 1.07. The molecule has 0 radical (unpaired) electrons. The van der Waals surface area contributed by atoms with Gasteiger partial charge in [-0.3, -0.25) is 4.90 Å². The molecule has 1 aliphatic heterocycles. The summed E-state index contributed by atoms with van der Waals surface area (Å²) in [5.74, 6) is 0. The monoisotopic (exact) mass is 291 g/mol. The molecule has 96 valence electrons. The van der Waals surface area contributed by atoms with Crippen molar-refractivity contribution < 1.29 is 4.74 Å². The maximum Gasteiger partial charge on any atom is 0.0702 e. The van der Waals surface area contributed by atoms with Gasteiger partial charge in [-0.2, -0.15) is 0 Å². The van der Waals surface area contributed by atoms with E-state index >= 15 is 0 Å². The Morgan fingerprint density at radius 3 is 2.56 bits per heavy atom. The van der Waals surface area contributed by atoms with Crippen molar-refractivity contribution >= 4 is 15.9 Å². The van der Waals surface area contributed by atoms with Crippen LogP contribution in [0.5, 0.6) is 0 Å². The molecule has 1 atom stereocenters. The summed E-state index contributed by atoms with van der Waals surface area (Å²) in [6.07, 6.45) is 6.81. The Kier molecular flexibility index (Phi) is 7.67. The Balaban J connectivity index is 2.41. The van der Waals surface area contributed by atoms with Crippen molar-refractivity contribution in [1.29, 1.82) is 0 Å². The van der Waals surface area contributed by atoms with Crippen LogP contribution < -0.4 is 0 Å². The predicted molar refractivity (Wildman–Crippen MR) is 73.3 cm³/mol. The summed E-state index contributed by atoms with van der Waals surface area (Å²) >= 11 is 3.56.